The van der Waals surface area contributed by atoms with Gasteiger partial charge in [-0.1, -0.05) is 13.8 Å². The zero-order valence-electron chi connectivity index (χ0n) is 11.2. The molecule has 1 aromatic heterocycles. The van der Waals surface area contributed by atoms with E-state index in [-0.39, 0.29) is 0 Å². The summed E-state index contributed by atoms with van der Waals surface area (Å²) < 4.78 is 16.1. The second-order valence-electron chi connectivity index (χ2n) is 4.15. The predicted molar refractivity (Wildman–Crippen MR) is 68.8 cm³/mol. The van der Waals surface area contributed by atoms with Crippen LogP contribution in [0.5, 0.6) is 11.8 Å². The highest BCUT2D eigenvalue weighted by Crippen LogP contribution is 2.26. The van der Waals surface area contributed by atoms with Crippen molar-refractivity contribution in [2.75, 3.05) is 32.2 Å². The second kappa shape index (κ2) is 7.71. The Kier molecular flexibility index (Phi) is 6.21. The zero-order valence-corrected chi connectivity index (χ0v) is 11.2. The van der Waals surface area contributed by atoms with Gasteiger partial charge in [-0.3, -0.25) is 0 Å². The molecule has 0 aliphatic rings. The van der Waals surface area contributed by atoms with Gasteiger partial charge in [-0.15, -0.1) is 0 Å². The molecule has 2 N–H and O–H groups in total. The maximum absolute atomic E-state index is 5.82. The van der Waals surface area contributed by atoms with Crippen LogP contribution >= 0.6 is 0 Å². The summed E-state index contributed by atoms with van der Waals surface area (Å²) in [5.41, 5.74) is 6.14. The van der Waals surface area contributed by atoms with E-state index in [2.05, 4.69) is 23.8 Å². The van der Waals surface area contributed by atoms with E-state index in [1.54, 1.807) is 0 Å². The van der Waals surface area contributed by atoms with Crippen molar-refractivity contribution in [1.29, 1.82) is 0 Å². The summed E-state index contributed by atoms with van der Waals surface area (Å²) in [5.74, 6) is 1.20. The first-order chi connectivity index (χ1) is 8.65. The zero-order chi connectivity index (χ0) is 13.4. The Labute approximate surface area is 107 Å². The molecular formula is C12H21N3O3. The normalized spacial score (nSPS) is 10.7. The smallest absolute Gasteiger partial charge is 0.244 e. The summed E-state index contributed by atoms with van der Waals surface area (Å²) >= 11 is 0. The monoisotopic (exact) mass is 255 g/mol. The lowest BCUT2D eigenvalue weighted by Gasteiger charge is -2.11. The molecule has 0 unspecified atom stereocenters. The van der Waals surface area contributed by atoms with Gasteiger partial charge in [-0.2, -0.15) is 9.97 Å². The summed E-state index contributed by atoms with van der Waals surface area (Å²) in [6.07, 6.45) is 1.37. The number of hydrogen-bond donors (Lipinski definition) is 1. The third kappa shape index (κ3) is 4.75. The number of nitrogens with zero attached hydrogens (tertiary/aromatic N) is 2. The average Bonchev–Trinajstić information content (AvgIpc) is 2.33. The molecule has 1 aromatic rings. The molecule has 0 aliphatic heterocycles. The number of anilines is 1. The number of aromatic nitrogens is 2. The molecule has 0 atom stereocenters. The number of ether oxygens (including phenoxy) is 3. The van der Waals surface area contributed by atoms with E-state index < -0.39 is 0 Å². The Hall–Kier alpha value is -1.56. The van der Waals surface area contributed by atoms with Gasteiger partial charge < -0.3 is 19.9 Å². The van der Waals surface area contributed by atoms with Crippen LogP contribution in [-0.4, -0.2) is 36.4 Å². The minimum absolute atomic E-state index is 0.322. The van der Waals surface area contributed by atoms with Crippen molar-refractivity contribution < 1.29 is 14.2 Å². The largest absolute Gasteiger partial charge is 0.476 e. The van der Waals surface area contributed by atoms with Crippen molar-refractivity contribution in [3.63, 3.8) is 0 Å². The van der Waals surface area contributed by atoms with Crippen LogP contribution in [0.4, 0.5) is 5.69 Å². The van der Waals surface area contributed by atoms with E-state index in [0.29, 0.717) is 49.8 Å². The highest BCUT2D eigenvalue weighted by molar-refractivity contribution is 5.55. The summed E-state index contributed by atoms with van der Waals surface area (Å²) in [6, 6.07) is 0. The Morgan fingerprint density at radius 3 is 2.44 bits per heavy atom. The van der Waals surface area contributed by atoms with E-state index in [0.717, 1.165) is 0 Å². The van der Waals surface area contributed by atoms with Crippen molar-refractivity contribution in [3.05, 3.63) is 6.33 Å². The fraction of sp³-hybridized carbons (Fsp3) is 0.667. The van der Waals surface area contributed by atoms with Gasteiger partial charge in [-0.25, -0.2) is 0 Å². The van der Waals surface area contributed by atoms with Crippen LogP contribution in [0.2, 0.25) is 0 Å². The quantitative estimate of drug-likeness (QED) is 0.709. The molecule has 1 heterocycles. The van der Waals surface area contributed by atoms with Crippen LogP contribution in [0.1, 0.15) is 20.8 Å². The number of nitrogens with two attached hydrogens (primary N) is 1. The fourth-order valence-electron chi connectivity index (χ4n) is 1.25. The lowest BCUT2D eigenvalue weighted by molar-refractivity contribution is 0.0807. The van der Waals surface area contributed by atoms with Crippen molar-refractivity contribution in [2.24, 2.45) is 5.92 Å². The number of hydrogen-bond acceptors (Lipinski definition) is 6. The minimum Gasteiger partial charge on any atom is -0.476 e. The predicted octanol–water partition coefficient (Wildman–Crippen LogP) is 1.51. The SMILES string of the molecule is CCOc1ncnc(OCCOCC(C)C)c1N. The van der Waals surface area contributed by atoms with Crippen molar-refractivity contribution in [3.8, 4) is 11.8 Å². The van der Waals surface area contributed by atoms with Crippen LogP contribution in [0.25, 0.3) is 0 Å². The maximum Gasteiger partial charge on any atom is 0.244 e. The van der Waals surface area contributed by atoms with Crippen LogP contribution in [-0.2, 0) is 4.74 Å². The fourth-order valence-corrected chi connectivity index (χ4v) is 1.25. The van der Waals surface area contributed by atoms with Crippen molar-refractivity contribution in [1.82, 2.24) is 9.97 Å². The number of rotatable bonds is 8. The summed E-state index contributed by atoms with van der Waals surface area (Å²) in [7, 11) is 0. The second-order valence-corrected chi connectivity index (χ2v) is 4.15. The van der Waals surface area contributed by atoms with E-state index >= 15 is 0 Å². The van der Waals surface area contributed by atoms with Crippen molar-refractivity contribution in [2.45, 2.75) is 20.8 Å². The van der Waals surface area contributed by atoms with E-state index in [4.69, 9.17) is 19.9 Å². The Morgan fingerprint density at radius 2 is 1.83 bits per heavy atom. The molecule has 18 heavy (non-hydrogen) atoms. The summed E-state index contributed by atoms with van der Waals surface area (Å²) in [6.45, 7) is 8.17. The van der Waals surface area contributed by atoms with Gasteiger partial charge in [0.05, 0.1) is 13.2 Å². The Morgan fingerprint density at radius 1 is 1.17 bits per heavy atom. The molecule has 102 valence electrons. The summed E-state index contributed by atoms with van der Waals surface area (Å²) in [5, 5.41) is 0. The molecule has 6 nitrogen and oxygen atoms in total. The Bertz CT molecular complexity index is 358. The van der Waals surface area contributed by atoms with Crippen molar-refractivity contribution >= 4 is 5.69 Å². The van der Waals surface area contributed by atoms with Gasteiger partial charge in [0.15, 0.2) is 5.69 Å². The molecule has 0 bridgehead atoms. The number of nitrogen functional groups attached to an aromatic ring is 1. The van der Waals surface area contributed by atoms with Gasteiger partial charge in [0.25, 0.3) is 0 Å². The van der Waals surface area contributed by atoms with Gasteiger partial charge >= 0.3 is 0 Å². The molecule has 0 fully saturated rings. The standard InChI is InChI=1S/C12H21N3O3/c1-4-17-11-10(13)12(15-8-14-11)18-6-5-16-7-9(2)3/h8-9H,4-7,13H2,1-3H3. The molecule has 0 aromatic carbocycles. The third-order valence-electron chi connectivity index (χ3n) is 2.01. The average molecular weight is 255 g/mol. The molecule has 6 heteroatoms. The maximum atomic E-state index is 5.82. The Balaban J connectivity index is 2.40. The molecule has 0 aliphatic carbocycles. The third-order valence-corrected chi connectivity index (χ3v) is 2.01. The van der Waals surface area contributed by atoms with E-state index in [1.807, 2.05) is 6.92 Å². The van der Waals surface area contributed by atoms with Gasteiger partial charge in [0, 0.05) is 6.61 Å². The van der Waals surface area contributed by atoms with E-state index in [9.17, 15) is 0 Å². The molecule has 0 saturated heterocycles. The first-order valence-corrected chi connectivity index (χ1v) is 6.09. The molecule has 0 radical (unpaired) electrons. The van der Waals surface area contributed by atoms with Crippen LogP contribution < -0.4 is 15.2 Å². The molecule has 1 rings (SSSR count). The van der Waals surface area contributed by atoms with Crippen LogP contribution in [0.3, 0.4) is 0 Å². The van der Waals surface area contributed by atoms with Gasteiger partial charge in [-0.05, 0) is 12.8 Å². The molecular weight excluding hydrogens is 234 g/mol. The molecule has 0 spiro atoms. The first-order valence-electron chi connectivity index (χ1n) is 6.09. The lowest BCUT2D eigenvalue weighted by atomic mass is 10.2. The lowest BCUT2D eigenvalue weighted by Crippen LogP contribution is -2.12. The highest BCUT2D eigenvalue weighted by atomic mass is 16.5. The van der Waals surface area contributed by atoms with E-state index in [1.165, 1.54) is 6.33 Å². The topological polar surface area (TPSA) is 79.5 Å². The highest BCUT2D eigenvalue weighted by Gasteiger charge is 2.09. The van der Waals surface area contributed by atoms with Crippen LogP contribution in [0, 0.1) is 5.92 Å². The minimum atomic E-state index is 0.322. The molecule has 0 amide bonds. The van der Waals surface area contributed by atoms with Gasteiger partial charge in [0.1, 0.15) is 12.9 Å². The van der Waals surface area contributed by atoms with Crippen LogP contribution in [0.15, 0.2) is 6.33 Å². The van der Waals surface area contributed by atoms with Gasteiger partial charge in [0.2, 0.25) is 11.8 Å². The summed E-state index contributed by atoms with van der Waals surface area (Å²) in [4.78, 5) is 7.89. The first kappa shape index (κ1) is 14.5. The molecule has 0 saturated carbocycles.